The van der Waals surface area contributed by atoms with E-state index in [1.54, 1.807) is 18.2 Å². The molecule has 0 heterocycles. The molecule has 3 aromatic carbocycles. The van der Waals surface area contributed by atoms with Gasteiger partial charge in [-0.15, -0.1) is 0 Å². The fourth-order valence-corrected chi connectivity index (χ4v) is 3.43. The van der Waals surface area contributed by atoms with Crippen LogP contribution in [0.1, 0.15) is 27.0 Å². The van der Waals surface area contributed by atoms with Crippen LogP contribution < -0.4 is 10.2 Å². The molecule has 0 aromatic heterocycles. The van der Waals surface area contributed by atoms with E-state index < -0.39 is 17.6 Å². The SMILES string of the molecule is O=C(NN=Cc1cc(Cl)c(OCc2ccccc2Cl)c(Cl)c1)c1cccc(C(F)(F)F)c1. The summed E-state index contributed by atoms with van der Waals surface area (Å²) in [6.07, 6.45) is -3.30. The number of carbonyl (C=O) groups excluding carboxylic acids is 1. The molecule has 0 aliphatic rings. The number of nitrogens with one attached hydrogen (secondary N) is 1. The third-order valence-corrected chi connectivity index (χ3v) is 5.11. The standard InChI is InChI=1S/C22H14Cl3F3N2O2/c23-17-7-2-1-4-15(17)12-32-20-18(24)8-13(9-19(20)25)11-29-30-21(31)14-5-3-6-16(10-14)22(26,27)28/h1-11H,12H2,(H,30,31). The molecule has 4 nitrogen and oxygen atoms in total. The molecule has 0 radical (unpaired) electrons. The molecule has 0 saturated heterocycles. The molecule has 3 aromatic rings. The molecule has 166 valence electrons. The quantitative estimate of drug-likeness (QED) is 0.292. The molecule has 0 aliphatic heterocycles. The predicted molar refractivity (Wildman–Crippen MR) is 119 cm³/mol. The second-order valence-corrected chi connectivity index (χ2v) is 7.69. The Bertz CT molecular complexity index is 1140. The number of benzene rings is 3. The summed E-state index contributed by atoms with van der Waals surface area (Å²) in [4.78, 5) is 12.1. The number of alkyl halides is 3. The van der Waals surface area contributed by atoms with Crippen LogP contribution in [0, 0.1) is 0 Å². The van der Waals surface area contributed by atoms with Gasteiger partial charge in [0.2, 0.25) is 0 Å². The second kappa shape index (κ2) is 10.3. The number of rotatable bonds is 6. The monoisotopic (exact) mass is 500 g/mol. The molecular formula is C22H14Cl3F3N2O2. The van der Waals surface area contributed by atoms with Crippen LogP contribution in [0.5, 0.6) is 5.75 Å². The van der Waals surface area contributed by atoms with Crippen molar-refractivity contribution >= 4 is 46.9 Å². The van der Waals surface area contributed by atoms with Gasteiger partial charge in [0.25, 0.3) is 5.91 Å². The van der Waals surface area contributed by atoms with E-state index in [9.17, 15) is 18.0 Å². The lowest BCUT2D eigenvalue weighted by molar-refractivity contribution is -0.137. The van der Waals surface area contributed by atoms with E-state index in [0.29, 0.717) is 10.6 Å². The second-order valence-electron chi connectivity index (χ2n) is 6.47. The molecule has 1 amide bonds. The number of hydrazone groups is 1. The van der Waals surface area contributed by atoms with Crippen LogP contribution in [0.25, 0.3) is 0 Å². The molecule has 10 heteroatoms. The highest BCUT2D eigenvalue weighted by Gasteiger charge is 2.30. The molecule has 0 bridgehead atoms. The Labute approximate surface area is 196 Å². The van der Waals surface area contributed by atoms with Gasteiger partial charge in [-0.1, -0.05) is 59.1 Å². The van der Waals surface area contributed by atoms with Crippen molar-refractivity contribution < 1.29 is 22.7 Å². The van der Waals surface area contributed by atoms with E-state index in [4.69, 9.17) is 39.5 Å². The number of hydrogen-bond acceptors (Lipinski definition) is 3. The molecule has 0 unspecified atom stereocenters. The largest absolute Gasteiger partial charge is 0.486 e. The zero-order valence-corrected chi connectivity index (χ0v) is 18.4. The summed E-state index contributed by atoms with van der Waals surface area (Å²) >= 11 is 18.6. The molecule has 32 heavy (non-hydrogen) atoms. The Balaban J connectivity index is 1.66. The highest BCUT2D eigenvalue weighted by Crippen LogP contribution is 2.35. The summed E-state index contributed by atoms with van der Waals surface area (Å²) in [5, 5.41) is 4.69. The van der Waals surface area contributed by atoms with Crippen LogP contribution in [-0.2, 0) is 12.8 Å². The van der Waals surface area contributed by atoms with Crippen molar-refractivity contribution in [1.82, 2.24) is 5.43 Å². The highest BCUT2D eigenvalue weighted by molar-refractivity contribution is 6.37. The van der Waals surface area contributed by atoms with E-state index >= 15 is 0 Å². The van der Waals surface area contributed by atoms with Gasteiger partial charge in [0.15, 0.2) is 5.75 Å². The molecule has 1 N–H and O–H groups in total. The van der Waals surface area contributed by atoms with Crippen LogP contribution in [0.4, 0.5) is 13.2 Å². The van der Waals surface area contributed by atoms with E-state index in [0.717, 1.165) is 23.8 Å². The molecule has 3 rings (SSSR count). The van der Waals surface area contributed by atoms with Crippen molar-refractivity contribution in [1.29, 1.82) is 0 Å². The van der Waals surface area contributed by atoms with Crippen molar-refractivity contribution in [3.63, 3.8) is 0 Å². The fraction of sp³-hybridized carbons (Fsp3) is 0.0909. The number of carbonyl (C=O) groups is 1. The Hall–Kier alpha value is -2.74. The van der Waals surface area contributed by atoms with Gasteiger partial charge in [0.05, 0.1) is 21.8 Å². The minimum absolute atomic E-state index is 0.152. The fourth-order valence-electron chi connectivity index (χ4n) is 2.62. The Kier molecular flexibility index (Phi) is 7.66. The minimum Gasteiger partial charge on any atom is -0.486 e. The van der Waals surface area contributed by atoms with Crippen LogP contribution >= 0.6 is 34.8 Å². The van der Waals surface area contributed by atoms with E-state index in [2.05, 4.69) is 10.5 Å². The lowest BCUT2D eigenvalue weighted by atomic mass is 10.1. The summed E-state index contributed by atoms with van der Waals surface area (Å²) in [7, 11) is 0. The van der Waals surface area contributed by atoms with Gasteiger partial charge in [-0.05, 0) is 42.0 Å². The molecule has 0 aliphatic carbocycles. The molecule has 0 fully saturated rings. The normalized spacial score (nSPS) is 11.6. The average molecular weight is 502 g/mol. The molecule has 0 saturated carbocycles. The molecule has 0 spiro atoms. The smallest absolute Gasteiger partial charge is 0.416 e. The number of nitrogens with zero attached hydrogens (tertiary/aromatic N) is 1. The molecule has 0 atom stereocenters. The summed E-state index contributed by atoms with van der Waals surface area (Å²) in [5.74, 6) is -0.553. The predicted octanol–water partition coefficient (Wildman–Crippen LogP) is 7.01. The number of ether oxygens (including phenoxy) is 1. The number of halogens is 6. The Morgan fingerprint density at radius 2 is 1.66 bits per heavy atom. The zero-order valence-electron chi connectivity index (χ0n) is 16.1. The average Bonchev–Trinajstić information content (AvgIpc) is 2.74. The first-order chi connectivity index (χ1) is 15.1. The van der Waals surface area contributed by atoms with Crippen molar-refractivity contribution in [2.45, 2.75) is 12.8 Å². The van der Waals surface area contributed by atoms with Gasteiger partial charge in [-0.2, -0.15) is 18.3 Å². The minimum atomic E-state index is -4.55. The van der Waals surface area contributed by atoms with Crippen LogP contribution in [-0.4, -0.2) is 12.1 Å². The summed E-state index contributed by atoms with van der Waals surface area (Å²) in [5.41, 5.74) is 2.24. The lowest BCUT2D eigenvalue weighted by Crippen LogP contribution is -2.18. The Morgan fingerprint density at radius 3 is 2.31 bits per heavy atom. The maximum absolute atomic E-state index is 12.8. The van der Waals surface area contributed by atoms with Crippen molar-refractivity contribution in [3.8, 4) is 5.75 Å². The maximum atomic E-state index is 12.8. The maximum Gasteiger partial charge on any atom is 0.416 e. The third-order valence-electron chi connectivity index (χ3n) is 4.18. The van der Waals surface area contributed by atoms with Gasteiger partial charge < -0.3 is 4.74 Å². The van der Waals surface area contributed by atoms with Crippen molar-refractivity contribution in [2.24, 2.45) is 5.10 Å². The first kappa shape index (κ1) is 23.9. The van der Waals surface area contributed by atoms with Crippen molar-refractivity contribution in [3.05, 3.63) is 98.0 Å². The summed E-state index contributed by atoms with van der Waals surface area (Å²) in [6, 6.07) is 14.2. The van der Waals surface area contributed by atoms with E-state index in [1.165, 1.54) is 24.4 Å². The van der Waals surface area contributed by atoms with Crippen LogP contribution in [0.15, 0.2) is 65.8 Å². The Morgan fingerprint density at radius 1 is 0.969 bits per heavy atom. The zero-order chi connectivity index (χ0) is 23.3. The van der Waals surface area contributed by atoms with E-state index in [-0.39, 0.29) is 28.0 Å². The van der Waals surface area contributed by atoms with Crippen LogP contribution in [0.3, 0.4) is 0 Å². The van der Waals surface area contributed by atoms with Crippen molar-refractivity contribution in [2.75, 3.05) is 0 Å². The topological polar surface area (TPSA) is 50.7 Å². The van der Waals surface area contributed by atoms with Gasteiger partial charge in [0.1, 0.15) is 6.61 Å². The molecular weight excluding hydrogens is 488 g/mol. The number of hydrogen-bond donors (Lipinski definition) is 1. The first-order valence-electron chi connectivity index (χ1n) is 9.01. The van der Waals surface area contributed by atoms with Gasteiger partial charge in [-0.3, -0.25) is 4.79 Å². The summed E-state index contributed by atoms with van der Waals surface area (Å²) < 4.78 is 44.0. The van der Waals surface area contributed by atoms with Gasteiger partial charge >= 0.3 is 6.18 Å². The van der Waals surface area contributed by atoms with Crippen LogP contribution in [0.2, 0.25) is 15.1 Å². The third kappa shape index (κ3) is 6.16. The van der Waals surface area contributed by atoms with Gasteiger partial charge in [-0.25, -0.2) is 5.43 Å². The summed E-state index contributed by atoms with van der Waals surface area (Å²) in [6.45, 7) is 0.152. The van der Waals surface area contributed by atoms with E-state index in [1.807, 2.05) is 6.07 Å². The number of amides is 1. The lowest BCUT2D eigenvalue weighted by Gasteiger charge is -2.11. The first-order valence-corrected chi connectivity index (χ1v) is 10.1. The highest BCUT2D eigenvalue weighted by atomic mass is 35.5. The van der Waals surface area contributed by atoms with Gasteiger partial charge in [0, 0.05) is 16.1 Å².